The monoisotopic (exact) mass is 204 g/mol. The molecule has 5 nitrogen and oxygen atoms in total. The number of pyridine rings is 1. The fourth-order valence-corrected chi connectivity index (χ4v) is 1.62. The Hall–Kier alpha value is -2.17. The van der Waals surface area contributed by atoms with Crippen LogP contribution in [0.1, 0.15) is 5.56 Å². The molecule has 0 fully saturated rings. The molecule has 5 heteroatoms. The third-order valence-electron chi connectivity index (χ3n) is 2.30. The molecule has 1 aromatic carbocycles. The third-order valence-corrected chi connectivity index (χ3v) is 2.30. The molecule has 15 heavy (non-hydrogen) atoms. The van der Waals surface area contributed by atoms with Gasteiger partial charge >= 0.3 is 0 Å². The van der Waals surface area contributed by atoms with Gasteiger partial charge in [0.1, 0.15) is 0 Å². The predicted molar refractivity (Wildman–Crippen MR) is 56.0 cm³/mol. The minimum Gasteiger partial charge on any atom is -0.328 e. The number of fused-ring (bicyclic) bond motifs is 1. The zero-order valence-electron chi connectivity index (χ0n) is 7.98. The molecule has 1 aromatic heterocycles. The van der Waals surface area contributed by atoms with Crippen LogP contribution in [-0.4, -0.2) is 9.91 Å². The Bertz CT molecular complexity index is 601. The van der Waals surface area contributed by atoms with E-state index in [-0.39, 0.29) is 11.2 Å². The lowest BCUT2D eigenvalue weighted by atomic mass is 10.1. The lowest BCUT2D eigenvalue weighted by Crippen LogP contribution is -2.07. The van der Waals surface area contributed by atoms with E-state index in [1.165, 1.54) is 18.3 Å². The predicted octanol–water partition coefficient (Wildman–Crippen LogP) is 1.74. The molecular weight excluding hydrogens is 196 g/mol. The average Bonchev–Trinajstić information content (AvgIpc) is 2.23. The number of aryl methyl sites for hydroxylation is 1. The molecule has 2 aromatic rings. The molecule has 0 radical (unpaired) electrons. The van der Waals surface area contributed by atoms with Crippen LogP contribution < -0.4 is 5.56 Å². The van der Waals surface area contributed by atoms with E-state index in [9.17, 15) is 14.9 Å². The zero-order valence-corrected chi connectivity index (χ0v) is 7.98. The number of hydrogen-bond donors (Lipinski definition) is 1. The van der Waals surface area contributed by atoms with Crippen LogP contribution in [0.4, 0.5) is 5.69 Å². The molecule has 0 bridgehead atoms. The summed E-state index contributed by atoms with van der Waals surface area (Å²) in [5, 5.41) is 11.5. The lowest BCUT2D eigenvalue weighted by Gasteiger charge is -2.01. The van der Waals surface area contributed by atoms with Crippen LogP contribution in [0, 0.1) is 17.0 Å². The molecule has 0 saturated carbocycles. The van der Waals surface area contributed by atoms with Crippen molar-refractivity contribution < 1.29 is 4.92 Å². The van der Waals surface area contributed by atoms with Crippen molar-refractivity contribution in [2.24, 2.45) is 0 Å². The van der Waals surface area contributed by atoms with Crippen molar-refractivity contribution in [3.05, 3.63) is 50.4 Å². The number of benzene rings is 1. The van der Waals surface area contributed by atoms with Crippen LogP contribution in [0.5, 0.6) is 0 Å². The number of aromatic nitrogens is 1. The molecule has 0 amide bonds. The summed E-state index contributed by atoms with van der Waals surface area (Å²) in [7, 11) is 0. The minimum absolute atomic E-state index is 0.0314. The number of hydrogen-bond acceptors (Lipinski definition) is 3. The van der Waals surface area contributed by atoms with Crippen molar-refractivity contribution in [2.75, 3.05) is 0 Å². The van der Waals surface area contributed by atoms with E-state index in [4.69, 9.17) is 0 Å². The van der Waals surface area contributed by atoms with Crippen molar-refractivity contribution in [2.45, 2.75) is 6.92 Å². The van der Waals surface area contributed by atoms with E-state index in [0.717, 1.165) is 0 Å². The van der Waals surface area contributed by atoms with Gasteiger partial charge in [-0.15, -0.1) is 0 Å². The van der Waals surface area contributed by atoms with Crippen LogP contribution in [0.25, 0.3) is 10.8 Å². The Morgan fingerprint density at radius 2 is 2.13 bits per heavy atom. The Kier molecular flexibility index (Phi) is 2.00. The fourth-order valence-electron chi connectivity index (χ4n) is 1.62. The Morgan fingerprint density at radius 1 is 1.40 bits per heavy atom. The number of nitrogens with zero attached hydrogens (tertiary/aromatic N) is 1. The maximum absolute atomic E-state index is 11.4. The molecule has 1 N–H and O–H groups in total. The van der Waals surface area contributed by atoms with Gasteiger partial charge in [-0.2, -0.15) is 0 Å². The molecule has 0 unspecified atom stereocenters. The highest BCUT2D eigenvalue weighted by Gasteiger charge is 2.14. The third kappa shape index (κ3) is 1.38. The highest BCUT2D eigenvalue weighted by Crippen LogP contribution is 2.25. The molecule has 0 spiro atoms. The van der Waals surface area contributed by atoms with Crippen molar-refractivity contribution in [1.29, 1.82) is 0 Å². The quantitative estimate of drug-likeness (QED) is 0.567. The first kappa shape index (κ1) is 9.39. The van der Waals surface area contributed by atoms with Gasteiger partial charge in [-0.05, 0) is 18.6 Å². The summed E-state index contributed by atoms with van der Waals surface area (Å²) in [5.74, 6) is 0. The van der Waals surface area contributed by atoms with Gasteiger partial charge in [0, 0.05) is 12.3 Å². The van der Waals surface area contributed by atoms with Crippen LogP contribution in [0.3, 0.4) is 0 Å². The number of non-ortho nitro benzene ring substituents is 1. The molecule has 0 aliphatic heterocycles. The largest absolute Gasteiger partial charge is 0.328 e. The Balaban J connectivity index is 3.03. The molecule has 76 valence electrons. The summed E-state index contributed by atoms with van der Waals surface area (Å²) in [6.07, 6.45) is 1.48. The maximum Gasteiger partial charge on any atom is 0.277 e. The van der Waals surface area contributed by atoms with E-state index in [1.807, 2.05) is 0 Å². The number of H-pyrrole nitrogens is 1. The van der Waals surface area contributed by atoms with Crippen LogP contribution in [-0.2, 0) is 0 Å². The molecule has 1 heterocycles. The minimum atomic E-state index is -0.477. The van der Waals surface area contributed by atoms with Gasteiger partial charge in [0.05, 0.1) is 15.7 Å². The molecule has 0 aliphatic rings. The molecule has 0 aliphatic carbocycles. The van der Waals surface area contributed by atoms with E-state index in [2.05, 4.69) is 4.98 Å². The first-order valence-corrected chi connectivity index (χ1v) is 4.36. The molecule has 0 atom stereocenters. The van der Waals surface area contributed by atoms with Gasteiger partial charge in [0.15, 0.2) is 0 Å². The topological polar surface area (TPSA) is 76.0 Å². The normalized spacial score (nSPS) is 10.5. The van der Waals surface area contributed by atoms with E-state index in [1.54, 1.807) is 13.0 Å². The van der Waals surface area contributed by atoms with Crippen molar-refractivity contribution >= 4 is 16.5 Å². The standard InChI is InChI=1S/C10H8N2O3/c1-6-5-11-10(13)7-3-2-4-8(9(6)7)12(14)15/h2-5H,1H3,(H,11,13). The summed E-state index contributed by atoms with van der Waals surface area (Å²) in [4.78, 5) is 24.3. The van der Waals surface area contributed by atoms with E-state index < -0.39 is 4.92 Å². The molecular formula is C10H8N2O3. The first-order chi connectivity index (χ1) is 7.11. The number of nitrogens with one attached hydrogen (secondary N) is 1. The highest BCUT2D eigenvalue weighted by molar-refractivity contribution is 5.92. The van der Waals surface area contributed by atoms with Gasteiger partial charge < -0.3 is 4.98 Å². The zero-order chi connectivity index (χ0) is 11.0. The second-order valence-corrected chi connectivity index (χ2v) is 3.26. The Morgan fingerprint density at radius 3 is 2.80 bits per heavy atom. The lowest BCUT2D eigenvalue weighted by molar-refractivity contribution is -0.383. The van der Waals surface area contributed by atoms with Gasteiger partial charge in [0.25, 0.3) is 11.2 Å². The number of nitro groups is 1. The smallest absolute Gasteiger partial charge is 0.277 e. The first-order valence-electron chi connectivity index (χ1n) is 4.36. The van der Waals surface area contributed by atoms with Gasteiger partial charge in [0.2, 0.25) is 0 Å². The van der Waals surface area contributed by atoms with Crippen LogP contribution in [0.2, 0.25) is 0 Å². The van der Waals surface area contributed by atoms with Gasteiger partial charge in [-0.25, -0.2) is 0 Å². The summed E-state index contributed by atoms with van der Waals surface area (Å²) < 4.78 is 0. The van der Waals surface area contributed by atoms with Crippen molar-refractivity contribution in [3.63, 3.8) is 0 Å². The SMILES string of the molecule is Cc1c[nH]c(=O)c2cccc([N+](=O)[O-])c12. The van der Waals surface area contributed by atoms with Gasteiger partial charge in [-0.3, -0.25) is 14.9 Å². The fraction of sp³-hybridized carbons (Fsp3) is 0.100. The second-order valence-electron chi connectivity index (χ2n) is 3.26. The van der Waals surface area contributed by atoms with E-state index >= 15 is 0 Å². The average molecular weight is 204 g/mol. The summed E-state index contributed by atoms with van der Waals surface area (Å²) in [6.45, 7) is 1.73. The van der Waals surface area contributed by atoms with Crippen LogP contribution in [0.15, 0.2) is 29.2 Å². The van der Waals surface area contributed by atoms with Crippen molar-refractivity contribution in [1.82, 2.24) is 4.98 Å². The number of rotatable bonds is 1. The summed E-state index contributed by atoms with van der Waals surface area (Å²) >= 11 is 0. The summed E-state index contributed by atoms with van der Waals surface area (Å²) in [5.41, 5.74) is 0.354. The van der Waals surface area contributed by atoms with E-state index in [0.29, 0.717) is 16.3 Å². The van der Waals surface area contributed by atoms with Crippen molar-refractivity contribution in [3.8, 4) is 0 Å². The van der Waals surface area contributed by atoms with Gasteiger partial charge in [-0.1, -0.05) is 6.07 Å². The number of aromatic amines is 1. The maximum atomic E-state index is 11.4. The summed E-state index contributed by atoms with van der Waals surface area (Å²) in [6, 6.07) is 4.48. The molecule has 2 rings (SSSR count). The number of nitro benzene ring substituents is 1. The Labute approximate surface area is 84.5 Å². The highest BCUT2D eigenvalue weighted by atomic mass is 16.6. The second kappa shape index (κ2) is 3.20. The molecule has 0 saturated heterocycles. The van der Waals surface area contributed by atoms with Crippen LogP contribution >= 0.6 is 0 Å².